The number of rotatable bonds is 7. The summed E-state index contributed by atoms with van der Waals surface area (Å²) in [6, 6.07) is 10.7. The Kier molecular flexibility index (Phi) is 6.18. The lowest BCUT2D eigenvalue weighted by molar-refractivity contribution is -0.117. The SMILES string of the molecule is CC[C@H](C(=O)Nc1ccc2c(c1)sc(=O)n2C)N(c1ccc(OC)cc1)S(C)(=O)=O. The van der Waals surface area contributed by atoms with Gasteiger partial charge in [-0.2, -0.15) is 0 Å². The van der Waals surface area contributed by atoms with Gasteiger partial charge in [-0.1, -0.05) is 18.3 Å². The van der Waals surface area contributed by atoms with E-state index in [-0.39, 0.29) is 11.3 Å². The molecule has 8 nitrogen and oxygen atoms in total. The lowest BCUT2D eigenvalue weighted by Gasteiger charge is -2.30. The van der Waals surface area contributed by atoms with Crippen molar-refractivity contribution in [2.75, 3.05) is 23.0 Å². The number of aromatic nitrogens is 1. The number of nitrogens with one attached hydrogen (secondary N) is 1. The van der Waals surface area contributed by atoms with Crippen molar-refractivity contribution >= 4 is 48.9 Å². The molecule has 160 valence electrons. The van der Waals surface area contributed by atoms with Gasteiger partial charge in [-0.05, 0) is 48.9 Å². The van der Waals surface area contributed by atoms with Crippen molar-refractivity contribution in [2.24, 2.45) is 7.05 Å². The maximum atomic E-state index is 13.0. The minimum absolute atomic E-state index is 0.0948. The number of anilines is 2. The monoisotopic (exact) mass is 449 g/mol. The molecule has 0 fully saturated rings. The van der Waals surface area contributed by atoms with Crippen molar-refractivity contribution in [1.29, 1.82) is 0 Å². The number of methoxy groups -OCH3 is 1. The highest BCUT2D eigenvalue weighted by Gasteiger charge is 2.31. The van der Waals surface area contributed by atoms with Crippen LogP contribution in [0.3, 0.4) is 0 Å². The third-order valence-corrected chi connectivity index (χ3v) is 6.89. The van der Waals surface area contributed by atoms with E-state index >= 15 is 0 Å². The predicted octanol–water partition coefficient (Wildman–Crippen LogP) is 2.79. The summed E-state index contributed by atoms with van der Waals surface area (Å²) in [6.45, 7) is 1.75. The van der Waals surface area contributed by atoms with E-state index in [1.165, 1.54) is 11.7 Å². The van der Waals surface area contributed by atoms with Gasteiger partial charge in [0.2, 0.25) is 15.9 Å². The fourth-order valence-corrected chi connectivity index (χ4v) is 5.36. The molecule has 1 aromatic heterocycles. The van der Waals surface area contributed by atoms with Crippen LogP contribution in [-0.2, 0) is 21.9 Å². The average molecular weight is 450 g/mol. The number of nitrogens with zero attached hydrogens (tertiary/aromatic N) is 2. The van der Waals surface area contributed by atoms with Crippen molar-refractivity contribution < 1.29 is 17.9 Å². The van der Waals surface area contributed by atoms with Crippen LogP contribution in [0.4, 0.5) is 11.4 Å². The van der Waals surface area contributed by atoms with Gasteiger partial charge in [0, 0.05) is 12.7 Å². The summed E-state index contributed by atoms with van der Waals surface area (Å²) >= 11 is 1.08. The molecule has 1 N–H and O–H groups in total. The van der Waals surface area contributed by atoms with Crippen LogP contribution in [0.25, 0.3) is 10.2 Å². The summed E-state index contributed by atoms with van der Waals surface area (Å²) in [4.78, 5) is 24.8. The molecule has 2 aromatic carbocycles. The van der Waals surface area contributed by atoms with E-state index in [0.29, 0.717) is 17.1 Å². The zero-order valence-electron chi connectivity index (χ0n) is 17.1. The first-order valence-electron chi connectivity index (χ1n) is 9.19. The number of sulfonamides is 1. The molecule has 0 aliphatic carbocycles. The Morgan fingerprint density at radius 1 is 1.23 bits per heavy atom. The highest BCUT2D eigenvalue weighted by Crippen LogP contribution is 2.26. The van der Waals surface area contributed by atoms with Crippen molar-refractivity contribution in [1.82, 2.24) is 4.57 Å². The zero-order chi connectivity index (χ0) is 22.1. The summed E-state index contributed by atoms with van der Waals surface area (Å²) in [6.07, 6.45) is 1.34. The molecule has 0 saturated carbocycles. The first-order valence-corrected chi connectivity index (χ1v) is 11.9. The molecular weight excluding hydrogens is 426 g/mol. The standard InChI is InChI=1S/C20H23N3O5S2/c1-5-16(23(30(4,26)27)14-7-9-15(28-3)10-8-14)19(24)21-13-6-11-17-18(12-13)29-20(25)22(17)2/h6-12,16H,5H2,1-4H3,(H,21,24)/t16-/m1/s1. The highest BCUT2D eigenvalue weighted by molar-refractivity contribution is 7.92. The molecule has 30 heavy (non-hydrogen) atoms. The van der Waals surface area contributed by atoms with Crippen LogP contribution in [0, 0.1) is 0 Å². The van der Waals surface area contributed by atoms with Crippen LogP contribution in [-0.4, -0.2) is 38.3 Å². The summed E-state index contributed by atoms with van der Waals surface area (Å²) < 4.78 is 33.6. The normalized spacial score (nSPS) is 12.5. The van der Waals surface area contributed by atoms with Gasteiger partial charge in [0.15, 0.2) is 0 Å². The second-order valence-corrected chi connectivity index (χ2v) is 9.63. The quantitative estimate of drug-likeness (QED) is 0.598. The van der Waals surface area contributed by atoms with Crippen LogP contribution in [0.2, 0.25) is 0 Å². The topological polar surface area (TPSA) is 97.7 Å². The van der Waals surface area contributed by atoms with E-state index in [1.807, 2.05) is 0 Å². The van der Waals surface area contributed by atoms with Gasteiger partial charge < -0.3 is 14.6 Å². The number of benzene rings is 2. The van der Waals surface area contributed by atoms with Gasteiger partial charge in [0.25, 0.3) is 0 Å². The summed E-state index contributed by atoms with van der Waals surface area (Å²) in [5.41, 5.74) is 1.64. The van der Waals surface area contributed by atoms with E-state index in [2.05, 4.69) is 5.32 Å². The summed E-state index contributed by atoms with van der Waals surface area (Å²) in [5, 5.41) is 2.78. The Morgan fingerprint density at radius 2 is 1.90 bits per heavy atom. The van der Waals surface area contributed by atoms with Crippen LogP contribution in [0.15, 0.2) is 47.3 Å². The van der Waals surface area contributed by atoms with Gasteiger partial charge in [-0.3, -0.25) is 13.9 Å². The third kappa shape index (κ3) is 4.34. The van der Waals surface area contributed by atoms with Crippen LogP contribution in [0.1, 0.15) is 13.3 Å². The first kappa shape index (κ1) is 21.8. The first-order chi connectivity index (χ1) is 14.2. The van der Waals surface area contributed by atoms with Gasteiger partial charge >= 0.3 is 4.87 Å². The number of thiazole rings is 1. The molecule has 3 rings (SSSR count). The van der Waals surface area contributed by atoms with Gasteiger partial charge in [-0.15, -0.1) is 0 Å². The highest BCUT2D eigenvalue weighted by atomic mass is 32.2. The summed E-state index contributed by atoms with van der Waals surface area (Å²) in [7, 11) is -0.528. The largest absolute Gasteiger partial charge is 0.497 e. The van der Waals surface area contributed by atoms with E-state index in [1.54, 1.807) is 56.4 Å². The zero-order valence-corrected chi connectivity index (χ0v) is 18.7. The molecule has 10 heteroatoms. The molecule has 1 atom stereocenters. The second-order valence-electron chi connectivity index (χ2n) is 6.78. The Hall–Kier alpha value is -2.85. The van der Waals surface area contributed by atoms with E-state index in [4.69, 9.17) is 4.74 Å². The van der Waals surface area contributed by atoms with Crippen molar-refractivity contribution in [2.45, 2.75) is 19.4 Å². The van der Waals surface area contributed by atoms with Crippen LogP contribution in [0.5, 0.6) is 5.75 Å². The number of fused-ring (bicyclic) bond motifs is 1. The lowest BCUT2D eigenvalue weighted by Crippen LogP contribution is -2.46. The number of ether oxygens (including phenoxy) is 1. The molecule has 0 spiro atoms. The van der Waals surface area contributed by atoms with Crippen molar-refractivity contribution in [3.8, 4) is 5.75 Å². The molecule has 0 aliphatic heterocycles. The number of amides is 1. The number of hydrogen-bond acceptors (Lipinski definition) is 6. The lowest BCUT2D eigenvalue weighted by atomic mass is 10.1. The van der Waals surface area contributed by atoms with Gasteiger partial charge in [-0.25, -0.2) is 8.42 Å². The second kappa shape index (κ2) is 8.49. The number of hydrogen-bond donors (Lipinski definition) is 1. The molecule has 0 saturated heterocycles. The molecule has 1 heterocycles. The molecule has 0 bridgehead atoms. The minimum Gasteiger partial charge on any atom is -0.497 e. The van der Waals surface area contributed by atoms with Gasteiger partial charge in [0.1, 0.15) is 11.8 Å². The Morgan fingerprint density at radius 3 is 2.47 bits per heavy atom. The maximum Gasteiger partial charge on any atom is 0.307 e. The molecule has 0 radical (unpaired) electrons. The predicted molar refractivity (Wildman–Crippen MR) is 120 cm³/mol. The molecule has 0 aliphatic rings. The minimum atomic E-state index is -3.73. The van der Waals surface area contributed by atoms with Crippen molar-refractivity contribution in [3.05, 3.63) is 52.1 Å². The van der Waals surface area contributed by atoms with Crippen molar-refractivity contribution in [3.63, 3.8) is 0 Å². The molecular formula is C20H23N3O5S2. The maximum absolute atomic E-state index is 13.0. The van der Waals surface area contributed by atoms with Gasteiger partial charge in [0.05, 0.1) is 29.3 Å². The van der Waals surface area contributed by atoms with Crippen LogP contribution >= 0.6 is 11.3 Å². The Labute approximate surface area is 178 Å². The fraction of sp³-hybridized carbons (Fsp3) is 0.300. The number of carbonyl (C=O) groups excluding carboxylic acids is 1. The molecule has 1 amide bonds. The number of carbonyl (C=O) groups is 1. The smallest absolute Gasteiger partial charge is 0.307 e. The molecule has 3 aromatic rings. The van der Waals surface area contributed by atoms with E-state index < -0.39 is 22.0 Å². The van der Waals surface area contributed by atoms with E-state index in [0.717, 1.165) is 32.1 Å². The fourth-order valence-electron chi connectivity index (χ4n) is 3.23. The Balaban J connectivity index is 1.93. The average Bonchev–Trinajstić information content (AvgIpc) is 2.98. The third-order valence-electron chi connectivity index (χ3n) is 4.72. The van der Waals surface area contributed by atoms with Crippen LogP contribution < -0.4 is 19.2 Å². The molecule has 0 unspecified atom stereocenters. The number of aryl methyl sites for hydroxylation is 1. The Bertz CT molecular complexity index is 1230. The summed E-state index contributed by atoms with van der Waals surface area (Å²) in [5.74, 6) is 0.126. The van der Waals surface area contributed by atoms with E-state index in [9.17, 15) is 18.0 Å².